The Bertz CT molecular complexity index is 1570. The third kappa shape index (κ3) is 7.63. The van der Waals surface area contributed by atoms with Crippen molar-refractivity contribution in [1.82, 2.24) is 14.9 Å². The number of rotatable bonds is 13. The van der Waals surface area contributed by atoms with Gasteiger partial charge >= 0.3 is 0 Å². The first-order valence-electron chi connectivity index (χ1n) is 14.6. The molecule has 210 valence electrons. The lowest BCUT2D eigenvalue weighted by atomic mass is 10.0. The monoisotopic (exact) mass is 545 g/mol. The number of nitrogens with one attached hydrogen (secondary N) is 1. The summed E-state index contributed by atoms with van der Waals surface area (Å²) in [5, 5.41) is 3.08. The van der Waals surface area contributed by atoms with Crippen LogP contribution in [0, 0.1) is 13.8 Å². The lowest BCUT2D eigenvalue weighted by Crippen LogP contribution is -2.26. The van der Waals surface area contributed by atoms with E-state index in [0.29, 0.717) is 19.6 Å². The maximum Gasteiger partial charge on any atom is 0.224 e. The highest BCUT2D eigenvalue weighted by atomic mass is 16.5. The van der Waals surface area contributed by atoms with Crippen molar-refractivity contribution in [2.75, 3.05) is 13.2 Å². The fraction of sp³-hybridized carbons (Fsp3) is 0.278. The van der Waals surface area contributed by atoms with E-state index in [0.717, 1.165) is 66.0 Å². The second-order valence-corrected chi connectivity index (χ2v) is 10.7. The highest BCUT2D eigenvalue weighted by Gasteiger charge is 2.11. The first-order chi connectivity index (χ1) is 20.1. The fourth-order valence-electron chi connectivity index (χ4n) is 5.13. The molecule has 1 heterocycles. The Hall–Kier alpha value is -4.38. The number of fused-ring (bicyclic) bond motifs is 1. The van der Waals surface area contributed by atoms with Crippen molar-refractivity contribution in [2.45, 2.75) is 52.5 Å². The van der Waals surface area contributed by atoms with E-state index in [1.807, 2.05) is 42.5 Å². The summed E-state index contributed by atoms with van der Waals surface area (Å²) in [6.45, 7) is 6.27. The first kappa shape index (κ1) is 28.2. The minimum Gasteiger partial charge on any atom is -0.492 e. The molecule has 0 saturated carbocycles. The van der Waals surface area contributed by atoms with Gasteiger partial charge in [0.05, 0.1) is 24.0 Å². The molecule has 0 fully saturated rings. The van der Waals surface area contributed by atoms with Crippen LogP contribution in [0.1, 0.15) is 41.8 Å². The number of aryl methyl sites for hydroxylation is 3. The molecular weight excluding hydrogens is 506 g/mol. The van der Waals surface area contributed by atoms with Crippen LogP contribution >= 0.6 is 0 Å². The van der Waals surface area contributed by atoms with E-state index in [1.165, 1.54) is 16.7 Å². The number of unbranched alkanes of at least 4 members (excludes halogenated alkanes) is 2. The summed E-state index contributed by atoms with van der Waals surface area (Å²) in [7, 11) is 0. The van der Waals surface area contributed by atoms with Gasteiger partial charge in [0.2, 0.25) is 5.91 Å². The zero-order chi connectivity index (χ0) is 28.4. The number of hydrogen-bond acceptors (Lipinski definition) is 3. The van der Waals surface area contributed by atoms with E-state index in [-0.39, 0.29) is 5.91 Å². The molecule has 5 rings (SSSR count). The van der Waals surface area contributed by atoms with Gasteiger partial charge in [-0.2, -0.15) is 0 Å². The zero-order valence-electron chi connectivity index (χ0n) is 24.1. The molecule has 4 aromatic carbocycles. The van der Waals surface area contributed by atoms with Crippen LogP contribution in [0.2, 0.25) is 0 Å². The average Bonchev–Trinajstić information content (AvgIpc) is 3.35. The molecular formula is C36H39N3O2. The molecule has 0 aliphatic carbocycles. The van der Waals surface area contributed by atoms with Gasteiger partial charge in [-0.25, -0.2) is 4.98 Å². The molecule has 0 atom stereocenters. The number of imidazole rings is 1. The number of nitrogens with zero attached hydrogens (tertiary/aromatic N) is 2. The van der Waals surface area contributed by atoms with Crippen LogP contribution in [0.5, 0.6) is 5.75 Å². The number of para-hydroxylation sites is 2. The second-order valence-electron chi connectivity index (χ2n) is 10.7. The molecule has 5 aromatic rings. The minimum absolute atomic E-state index is 0.0722. The minimum atomic E-state index is 0.0722. The van der Waals surface area contributed by atoms with Crippen molar-refractivity contribution in [2.24, 2.45) is 0 Å². The Kier molecular flexibility index (Phi) is 9.48. The van der Waals surface area contributed by atoms with Crippen LogP contribution < -0.4 is 10.1 Å². The highest BCUT2D eigenvalue weighted by molar-refractivity contribution is 5.79. The Morgan fingerprint density at radius 1 is 0.805 bits per heavy atom. The Morgan fingerprint density at radius 3 is 2.37 bits per heavy atom. The van der Waals surface area contributed by atoms with E-state index >= 15 is 0 Å². The first-order valence-corrected chi connectivity index (χ1v) is 14.6. The SMILES string of the molecule is Cc1ccc(OCCn2c(CCCCCNC(=O)Cc3ccc(-c4ccccc4)cc3)nc3ccccc32)cc1C. The lowest BCUT2D eigenvalue weighted by molar-refractivity contribution is -0.120. The van der Waals surface area contributed by atoms with Gasteiger partial charge in [0.1, 0.15) is 18.2 Å². The zero-order valence-corrected chi connectivity index (χ0v) is 24.1. The van der Waals surface area contributed by atoms with Crippen LogP contribution in [-0.4, -0.2) is 28.6 Å². The van der Waals surface area contributed by atoms with E-state index in [1.54, 1.807) is 0 Å². The van der Waals surface area contributed by atoms with Gasteiger partial charge in [0, 0.05) is 13.0 Å². The summed E-state index contributed by atoms with van der Waals surface area (Å²) in [5.41, 5.74) is 8.07. The predicted molar refractivity (Wildman–Crippen MR) is 167 cm³/mol. The number of ether oxygens (including phenoxy) is 1. The van der Waals surface area contributed by atoms with E-state index in [4.69, 9.17) is 9.72 Å². The van der Waals surface area contributed by atoms with Crippen LogP contribution in [0.4, 0.5) is 0 Å². The van der Waals surface area contributed by atoms with Gasteiger partial charge < -0.3 is 14.6 Å². The molecule has 0 unspecified atom stereocenters. The Morgan fingerprint density at radius 2 is 1.56 bits per heavy atom. The summed E-state index contributed by atoms with van der Waals surface area (Å²) in [4.78, 5) is 17.4. The molecule has 0 spiro atoms. The highest BCUT2D eigenvalue weighted by Crippen LogP contribution is 2.21. The molecule has 0 saturated heterocycles. The predicted octanol–water partition coefficient (Wildman–Crippen LogP) is 7.47. The summed E-state index contributed by atoms with van der Waals surface area (Å²) >= 11 is 0. The van der Waals surface area contributed by atoms with Gasteiger partial charge in [-0.1, -0.05) is 79.2 Å². The Labute approximate surface area is 243 Å². The van der Waals surface area contributed by atoms with Crippen molar-refractivity contribution in [3.8, 4) is 16.9 Å². The maximum absolute atomic E-state index is 12.5. The maximum atomic E-state index is 12.5. The molecule has 0 aliphatic heterocycles. The molecule has 1 aromatic heterocycles. The topological polar surface area (TPSA) is 56.1 Å². The van der Waals surface area contributed by atoms with Gasteiger partial charge in [0.15, 0.2) is 0 Å². The van der Waals surface area contributed by atoms with Crippen LogP contribution in [0.15, 0.2) is 97.1 Å². The molecule has 0 aliphatic rings. The normalized spacial score (nSPS) is 11.1. The fourth-order valence-corrected chi connectivity index (χ4v) is 5.13. The van der Waals surface area contributed by atoms with E-state index in [9.17, 15) is 4.79 Å². The van der Waals surface area contributed by atoms with Crippen molar-refractivity contribution >= 4 is 16.9 Å². The van der Waals surface area contributed by atoms with Crippen LogP contribution in [0.25, 0.3) is 22.2 Å². The molecule has 1 N–H and O–H groups in total. The van der Waals surface area contributed by atoms with Crippen LogP contribution in [0.3, 0.4) is 0 Å². The number of aromatic nitrogens is 2. The molecule has 5 nitrogen and oxygen atoms in total. The van der Waals surface area contributed by atoms with E-state index in [2.05, 4.69) is 78.3 Å². The second kappa shape index (κ2) is 13.8. The van der Waals surface area contributed by atoms with Gasteiger partial charge in [-0.15, -0.1) is 0 Å². The summed E-state index contributed by atoms with van der Waals surface area (Å²) in [6, 6.07) is 33.1. The van der Waals surface area contributed by atoms with Crippen molar-refractivity contribution in [1.29, 1.82) is 0 Å². The van der Waals surface area contributed by atoms with Crippen LogP contribution in [-0.2, 0) is 24.2 Å². The average molecular weight is 546 g/mol. The summed E-state index contributed by atoms with van der Waals surface area (Å²) in [5.74, 6) is 2.08. The molecule has 1 amide bonds. The smallest absolute Gasteiger partial charge is 0.224 e. The Balaban J connectivity index is 1.05. The standard InChI is InChI=1S/C36H39N3O2/c1-27-16-21-32(25-28(27)2)41-24-23-39-34-14-9-8-13-33(34)38-35(39)15-7-4-10-22-37-36(40)26-29-17-19-31(20-18-29)30-11-5-3-6-12-30/h3,5-6,8-9,11-14,16-21,25H,4,7,10,15,22-24,26H2,1-2H3,(H,37,40). The van der Waals surface area contributed by atoms with E-state index < -0.39 is 0 Å². The quantitative estimate of drug-likeness (QED) is 0.156. The third-order valence-electron chi connectivity index (χ3n) is 7.62. The van der Waals surface area contributed by atoms with Gasteiger partial charge in [-0.3, -0.25) is 4.79 Å². The lowest BCUT2D eigenvalue weighted by Gasteiger charge is -2.12. The largest absolute Gasteiger partial charge is 0.492 e. The van der Waals surface area contributed by atoms with Gasteiger partial charge in [0.25, 0.3) is 0 Å². The molecule has 0 radical (unpaired) electrons. The number of amides is 1. The molecule has 5 heteroatoms. The van der Waals surface area contributed by atoms with Crippen molar-refractivity contribution in [3.05, 3.63) is 120 Å². The summed E-state index contributed by atoms with van der Waals surface area (Å²) < 4.78 is 8.37. The number of hydrogen-bond donors (Lipinski definition) is 1. The number of carbonyl (C=O) groups is 1. The van der Waals surface area contributed by atoms with Crippen molar-refractivity contribution < 1.29 is 9.53 Å². The van der Waals surface area contributed by atoms with Gasteiger partial charge in [-0.05, 0) is 78.8 Å². The number of benzene rings is 4. The summed E-state index contributed by atoms with van der Waals surface area (Å²) in [6.07, 6.45) is 4.32. The van der Waals surface area contributed by atoms with Crippen molar-refractivity contribution in [3.63, 3.8) is 0 Å². The number of carbonyl (C=O) groups excluding carboxylic acids is 1. The molecule has 41 heavy (non-hydrogen) atoms. The third-order valence-corrected chi connectivity index (χ3v) is 7.62. The molecule has 0 bridgehead atoms.